The smallest absolute Gasteiger partial charge is 0.275 e. The molecule has 0 spiro atoms. The second-order valence-electron chi connectivity index (χ2n) is 3.31. The van der Waals surface area contributed by atoms with Crippen LogP contribution in [0, 0.1) is 10.1 Å². The molecule has 1 rings (SSSR count). The van der Waals surface area contributed by atoms with E-state index in [4.69, 9.17) is 11.6 Å². The number of nitrogens with zero attached hydrogens (tertiary/aromatic N) is 2. The lowest BCUT2D eigenvalue weighted by atomic mass is 10.3. The summed E-state index contributed by atoms with van der Waals surface area (Å²) in [7, 11) is 0. The molecule has 0 radical (unpaired) electrons. The lowest BCUT2D eigenvalue weighted by molar-refractivity contribution is -0.385. The van der Waals surface area contributed by atoms with Gasteiger partial charge in [-0.25, -0.2) is 4.98 Å². The number of aromatic nitrogens is 1. The predicted molar refractivity (Wildman–Crippen MR) is 62.9 cm³/mol. The van der Waals surface area contributed by atoms with Gasteiger partial charge in [-0.3, -0.25) is 10.1 Å². The van der Waals surface area contributed by atoms with E-state index in [1.54, 1.807) is 6.92 Å². The van der Waals surface area contributed by atoms with Crippen molar-refractivity contribution in [1.82, 2.24) is 4.98 Å². The van der Waals surface area contributed by atoms with Gasteiger partial charge in [0.1, 0.15) is 10.2 Å². The largest absolute Gasteiger partial charge is 0.392 e. The third kappa shape index (κ3) is 3.62. The summed E-state index contributed by atoms with van der Waals surface area (Å²) < 4.78 is 0. The van der Waals surface area contributed by atoms with Crippen LogP contribution in [-0.2, 0) is 0 Å². The number of aliphatic hydroxyl groups excluding tert-OH is 1. The lowest BCUT2D eigenvalue weighted by Crippen LogP contribution is -2.15. The molecule has 1 N–H and O–H groups in total. The van der Waals surface area contributed by atoms with Crippen molar-refractivity contribution in [2.75, 3.05) is 0 Å². The third-order valence-corrected chi connectivity index (χ3v) is 3.36. The van der Waals surface area contributed by atoms with Crippen LogP contribution in [-0.4, -0.2) is 26.4 Å². The van der Waals surface area contributed by atoms with Crippen LogP contribution in [0.2, 0.25) is 5.15 Å². The van der Waals surface area contributed by atoms with Gasteiger partial charge in [0.15, 0.2) is 0 Å². The summed E-state index contributed by atoms with van der Waals surface area (Å²) in [5, 5.41) is 20.3. The highest BCUT2D eigenvalue weighted by Crippen LogP contribution is 2.28. The number of hydrogen-bond acceptors (Lipinski definition) is 5. The third-order valence-electron chi connectivity index (χ3n) is 1.95. The van der Waals surface area contributed by atoms with Gasteiger partial charge in [0.25, 0.3) is 5.69 Å². The highest BCUT2D eigenvalue weighted by atomic mass is 35.5. The molecule has 0 aromatic carbocycles. The topological polar surface area (TPSA) is 76.3 Å². The first-order valence-electron chi connectivity index (χ1n) is 4.57. The molecule has 0 amide bonds. The van der Waals surface area contributed by atoms with E-state index in [9.17, 15) is 15.2 Å². The standard InChI is InChI=1S/C9H11ClN2O3S/c1-5(13)6(2)16-9-4-7(12(14)15)3-8(10)11-9/h3-6,13H,1-2H3. The van der Waals surface area contributed by atoms with E-state index in [2.05, 4.69) is 4.98 Å². The monoisotopic (exact) mass is 262 g/mol. The SMILES string of the molecule is CC(O)C(C)Sc1cc([N+](=O)[O-])cc(Cl)n1. The van der Waals surface area contributed by atoms with Gasteiger partial charge >= 0.3 is 0 Å². The predicted octanol–water partition coefficient (Wildman–Crippen LogP) is 2.50. The van der Waals surface area contributed by atoms with E-state index in [-0.39, 0.29) is 16.1 Å². The number of halogens is 1. The number of aliphatic hydroxyl groups is 1. The molecule has 88 valence electrons. The Morgan fingerprint density at radius 2 is 2.19 bits per heavy atom. The normalized spacial score (nSPS) is 14.5. The molecule has 5 nitrogen and oxygen atoms in total. The van der Waals surface area contributed by atoms with Gasteiger partial charge in [0.2, 0.25) is 0 Å². The van der Waals surface area contributed by atoms with E-state index in [1.165, 1.54) is 23.9 Å². The maximum atomic E-state index is 10.6. The molecule has 2 unspecified atom stereocenters. The van der Waals surface area contributed by atoms with Crippen LogP contribution in [0.1, 0.15) is 13.8 Å². The van der Waals surface area contributed by atoms with Crippen molar-refractivity contribution >= 4 is 29.1 Å². The van der Waals surface area contributed by atoms with Crippen molar-refractivity contribution in [2.24, 2.45) is 0 Å². The van der Waals surface area contributed by atoms with Gasteiger partial charge in [-0.2, -0.15) is 0 Å². The van der Waals surface area contributed by atoms with Crippen molar-refractivity contribution in [2.45, 2.75) is 30.2 Å². The fourth-order valence-electron chi connectivity index (χ4n) is 0.915. The Kier molecular flexibility index (Phi) is 4.52. The molecule has 1 heterocycles. The maximum absolute atomic E-state index is 10.6. The molecular weight excluding hydrogens is 252 g/mol. The Hall–Kier alpha value is -0.850. The van der Waals surface area contributed by atoms with E-state index in [0.29, 0.717) is 5.03 Å². The highest BCUT2D eigenvalue weighted by molar-refractivity contribution is 7.99. The quantitative estimate of drug-likeness (QED) is 0.390. The van der Waals surface area contributed by atoms with Gasteiger partial charge in [0.05, 0.1) is 17.1 Å². The number of thioether (sulfide) groups is 1. The Bertz CT molecular complexity index is 400. The fourth-order valence-corrected chi connectivity index (χ4v) is 2.09. The first-order chi connectivity index (χ1) is 7.40. The zero-order chi connectivity index (χ0) is 12.3. The molecule has 0 saturated heterocycles. The summed E-state index contributed by atoms with van der Waals surface area (Å²) in [4.78, 5) is 14.0. The summed E-state index contributed by atoms with van der Waals surface area (Å²) in [6, 6.07) is 2.54. The van der Waals surface area contributed by atoms with Crippen molar-refractivity contribution in [3.8, 4) is 0 Å². The Labute approximate surface area is 102 Å². The highest BCUT2D eigenvalue weighted by Gasteiger charge is 2.15. The van der Waals surface area contributed by atoms with Crippen LogP contribution in [0.5, 0.6) is 0 Å². The van der Waals surface area contributed by atoms with Crippen LogP contribution in [0.3, 0.4) is 0 Å². The minimum absolute atomic E-state index is 0.0782. The van der Waals surface area contributed by atoms with Gasteiger partial charge < -0.3 is 5.11 Å². The molecule has 2 atom stereocenters. The summed E-state index contributed by atoms with van der Waals surface area (Å²) in [5.74, 6) is 0. The molecular formula is C9H11ClN2O3S. The van der Waals surface area contributed by atoms with Gasteiger partial charge in [-0.1, -0.05) is 18.5 Å². The van der Waals surface area contributed by atoms with Gasteiger partial charge in [0, 0.05) is 11.3 Å². The van der Waals surface area contributed by atoms with Gasteiger partial charge in [-0.15, -0.1) is 11.8 Å². The van der Waals surface area contributed by atoms with Crippen LogP contribution in [0.25, 0.3) is 0 Å². The van der Waals surface area contributed by atoms with E-state index >= 15 is 0 Å². The van der Waals surface area contributed by atoms with Crippen LogP contribution in [0.4, 0.5) is 5.69 Å². The molecule has 0 aliphatic carbocycles. The van der Waals surface area contributed by atoms with E-state index in [1.807, 2.05) is 6.92 Å². The van der Waals surface area contributed by atoms with Crippen molar-refractivity contribution in [3.63, 3.8) is 0 Å². The summed E-state index contributed by atoms with van der Waals surface area (Å²) in [6.07, 6.45) is -0.523. The molecule has 0 aliphatic rings. The number of nitro groups is 1. The second-order valence-corrected chi connectivity index (χ2v) is 5.09. The number of rotatable bonds is 4. The Morgan fingerprint density at radius 3 is 2.69 bits per heavy atom. The van der Waals surface area contributed by atoms with Crippen molar-refractivity contribution in [3.05, 3.63) is 27.4 Å². The summed E-state index contributed by atoms with van der Waals surface area (Å²) >= 11 is 6.91. The van der Waals surface area contributed by atoms with E-state index in [0.717, 1.165) is 0 Å². The maximum Gasteiger partial charge on any atom is 0.275 e. The lowest BCUT2D eigenvalue weighted by Gasteiger charge is -2.13. The van der Waals surface area contributed by atoms with Crippen LogP contribution >= 0.6 is 23.4 Å². The van der Waals surface area contributed by atoms with Crippen LogP contribution < -0.4 is 0 Å². The number of hydrogen-bond donors (Lipinski definition) is 1. The molecule has 0 aliphatic heterocycles. The zero-order valence-corrected chi connectivity index (χ0v) is 10.3. The van der Waals surface area contributed by atoms with Crippen LogP contribution in [0.15, 0.2) is 17.2 Å². The minimum atomic E-state index is -0.523. The van der Waals surface area contributed by atoms with Crippen molar-refractivity contribution < 1.29 is 10.0 Å². The molecule has 1 aromatic heterocycles. The average Bonchev–Trinajstić information content (AvgIpc) is 2.16. The Morgan fingerprint density at radius 1 is 1.56 bits per heavy atom. The molecule has 1 aromatic rings. The number of pyridine rings is 1. The molecule has 16 heavy (non-hydrogen) atoms. The van der Waals surface area contributed by atoms with E-state index < -0.39 is 11.0 Å². The minimum Gasteiger partial charge on any atom is -0.392 e. The average molecular weight is 263 g/mol. The first kappa shape index (κ1) is 13.2. The molecule has 0 fully saturated rings. The zero-order valence-electron chi connectivity index (χ0n) is 8.75. The second kappa shape index (κ2) is 5.47. The first-order valence-corrected chi connectivity index (χ1v) is 5.82. The molecule has 0 bridgehead atoms. The summed E-state index contributed by atoms with van der Waals surface area (Å²) in [5.41, 5.74) is -0.0970. The fraction of sp³-hybridized carbons (Fsp3) is 0.444. The summed E-state index contributed by atoms with van der Waals surface area (Å²) in [6.45, 7) is 3.46. The molecule has 7 heteroatoms. The Balaban J connectivity index is 2.92. The van der Waals surface area contributed by atoms with Crippen molar-refractivity contribution in [1.29, 1.82) is 0 Å². The molecule has 0 saturated carbocycles. The van der Waals surface area contributed by atoms with Gasteiger partial charge in [-0.05, 0) is 6.92 Å².